The highest BCUT2D eigenvalue weighted by Crippen LogP contribution is 2.08. The molecule has 0 fully saturated rings. The lowest BCUT2D eigenvalue weighted by Crippen LogP contribution is -2.19. The summed E-state index contributed by atoms with van der Waals surface area (Å²) in [6, 6.07) is 3.15. The molecule has 0 bridgehead atoms. The van der Waals surface area contributed by atoms with Crippen molar-refractivity contribution in [3.63, 3.8) is 0 Å². The van der Waals surface area contributed by atoms with E-state index in [1.54, 1.807) is 13.0 Å². The fraction of sp³-hybridized carbons (Fsp3) is 0.333. The molecule has 0 saturated carbocycles. The van der Waals surface area contributed by atoms with Gasteiger partial charge in [-0.05, 0) is 25.3 Å². The number of rotatable bonds is 3. The zero-order valence-electron chi connectivity index (χ0n) is 7.99. The van der Waals surface area contributed by atoms with Crippen molar-refractivity contribution in [2.24, 2.45) is 0 Å². The highest BCUT2D eigenvalue weighted by atomic mass is 32.2. The number of hydrogen-bond donors (Lipinski definition) is 1. The average Bonchev–Trinajstić information content (AvgIpc) is 2.17. The molecule has 0 aliphatic rings. The summed E-state index contributed by atoms with van der Waals surface area (Å²) in [6.07, 6.45) is 1.84. The smallest absolute Gasteiger partial charge is 0.343 e. The van der Waals surface area contributed by atoms with E-state index >= 15 is 0 Å². The lowest BCUT2D eigenvalue weighted by atomic mass is 10.3. The Kier molecular flexibility index (Phi) is 3.76. The molecule has 1 N–H and O–H groups in total. The van der Waals surface area contributed by atoms with Gasteiger partial charge in [-0.25, -0.2) is 4.79 Å². The Hall–Kier alpha value is -1.23. The highest BCUT2D eigenvalue weighted by molar-refractivity contribution is 7.98. The Morgan fingerprint density at radius 1 is 1.57 bits per heavy atom. The topological polar surface area (TPSA) is 59.2 Å². The van der Waals surface area contributed by atoms with Crippen molar-refractivity contribution >= 4 is 17.7 Å². The fourth-order valence-electron chi connectivity index (χ4n) is 0.944. The van der Waals surface area contributed by atoms with E-state index in [4.69, 9.17) is 4.74 Å². The van der Waals surface area contributed by atoms with Gasteiger partial charge in [-0.2, -0.15) is 0 Å². The molecule has 1 aromatic rings. The first kappa shape index (κ1) is 10.8. The minimum absolute atomic E-state index is 0.0460. The first-order valence-corrected chi connectivity index (χ1v) is 5.36. The minimum Gasteiger partial charge on any atom is -0.462 e. The van der Waals surface area contributed by atoms with Crippen LogP contribution in [0.5, 0.6) is 0 Å². The van der Waals surface area contributed by atoms with Gasteiger partial charge in [0.1, 0.15) is 5.56 Å². The van der Waals surface area contributed by atoms with Gasteiger partial charge in [0.15, 0.2) is 0 Å². The average molecular weight is 213 g/mol. The number of H-pyrrole nitrogens is 1. The third-order valence-electron chi connectivity index (χ3n) is 1.60. The second kappa shape index (κ2) is 4.85. The molecule has 0 saturated heterocycles. The molecule has 5 heteroatoms. The number of carbonyl (C=O) groups is 1. The number of nitrogens with one attached hydrogen (secondary N) is 1. The molecule has 0 aliphatic carbocycles. The van der Waals surface area contributed by atoms with Gasteiger partial charge >= 0.3 is 5.97 Å². The van der Waals surface area contributed by atoms with Crippen molar-refractivity contribution < 1.29 is 9.53 Å². The molecule has 0 radical (unpaired) electrons. The molecule has 1 aromatic heterocycles. The molecular formula is C9H11NO3S. The van der Waals surface area contributed by atoms with Crippen LogP contribution >= 0.6 is 11.8 Å². The Balaban J connectivity index is 3.00. The number of thioether (sulfide) groups is 1. The maximum Gasteiger partial charge on any atom is 0.343 e. The number of aromatic nitrogens is 1. The monoisotopic (exact) mass is 213 g/mol. The maximum absolute atomic E-state index is 11.3. The molecule has 76 valence electrons. The molecule has 0 unspecified atom stereocenters. The largest absolute Gasteiger partial charge is 0.462 e. The second-order valence-corrected chi connectivity index (χ2v) is 3.34. The fourth-order valence-corrected chi connectivity index (χ4v) is 1.34. The lowest BCUT2D eigenvalue weighted by molar-refractivity contribution is 0.0524. The third-order valence-corrected chi connectivity index (χ3v) is 2.28. The predicted octanol–water partition coefficient (Wildman–Crippen LogP) is 1.27. The number of pyridine rings is 1. The molecule has 14 heavy (non-hydrogen) atoms. The van der Waals surface area contributed by atoms with Gasteiger partial charge in [-0.3, -0.25) is 4.79 Å². The van der Waals surface area contributed by atoms with Crippen LogP contribution in [-0.2, 0) is 4.74 Å². The molecule has 0 aromatic carbocycles. The first-order chi connectivity index (χ1) is 6.69. The minimum atomic E-state index is -0.582. The van der Waals surface area contributed by atoms with E-state index in [-0.39, 0.29) is 12.2 Å². The maximum atomic E-state index is 11.3. The summed E-state index contributed by atoms with van der Waals surface area (Å²) < 4.78 is 4.72. The summed E-state index contributed by atoms with van der Waals surface area (Å²) in [6.45, 7) is 1.96. The zero-order valence-corrected chi connectivity index (χ0v) is 8.81. The van der Waals surface area contributed by atoms with Crippen LogP contribution in [0.2, 0.25) is 0 Å². The Morgan fingerprint density at radius 3 is 2.79 bits per heavy atom. The number of ether oxygens (including phenoxy) is 1. The van der Waals surface area contributed by atoms with Crippen molar-refractivity contribution in [1.29, 1.82) is 0 Å². The van der Waals surface area contributed by atoms with Crippen molar-refractivity contribution in [2.75, 3.05) is 12.9 Å². The van der Waals surface area contributed by atoms with Crippen molar-refractivity contribution in [2.45, 2.75) is 11.9 Å². The number of aromatic amines is 1. The summed E-state index contributed by atoms with van der Waals surface area (Å²) in [7, 11) is 0. The molecule has 1 rings (SSSR count). The van der Waals surface area contributed by atoms with Gasteiger partial charge in [-0.1, -0.05) is 0 Å². The van der Waals surface area contributed by atoms with E-state index in [0.717, 1.165) is 5.03 Å². The molecule has 0 amide bonds. The summed E-state index contributed by atoms with van der Waals surface area (Å²) in [5.74, 6) is -0.582. The quantitative estimate of drug-likeness (QED) is 0.607. The van der Waals surface area contributed by atoms with Gasteiger partial charge in [0.05, 0.1) is 11.6 Å². The standard InChI is InChI=1S/C9H11NO3S/c1-3-13-9(12)6-4-5-7(14-2)10-8(6)11/h4-5H,3H2,1-2H3,(H,10,11). The van der Waals surface area contributed by atoms with E-state index in [2.05, 4.69) is 4.98 Å². The lowest BCUT2D eigenvalue weighted by Gasteiger charge is -2.01. The van der Waals surface area contributed by atoms with Gasteiger partial charge in [0, 0.05) is 0 Å². The molecule has 0 spiro atoms. The van der Waals surface area contributed by atoms with Crippen molar-refractivity contribution in [3.8, 4) is 0 Å². The molecule has 0 aliphatic heterocycles. The molecule has 0 atom stereocenters. The van der Waals surface area contributed by atoms with Crippen LogP contribution < -0.4 is 5.56 Å². The summed E-state index contributed by atoms with van der Waals surface area (Å²) in [4.78, 5) is 25.1. The molecule has 1 heterocycles. The Labute approximate surface area is 85.7 Å². The number of carbonyl (C=O) groups excluding carboxylic acids is 1. The Morgan fingerprint density at radius 2 is 2.29 bits per heavy atom. The summed E-state index contributed by atoms with van der Waals surface area (Å²) in [5, 5.41) is 0.725. The van der Waals surface area contributed by atoms with Gasteiger partial charge in [-0.15, -0.1) is 11.8 Å². The van der Waals surface area contributed by atoms with Crippen LogP contribution in [0.4, 0.5) is 0 Å². The Bertz CT molecular complexity index is 386. The zero-order chi connectivity index (χ0) is 10.6. The summed E-state index contributed by atoms with van der Waals surface area (Å²) >= 11 is 1.41. The molecular weight excluding hydrogens is 202 g/mol. The van der Waals surface area contributed by atoms with E-state index in [1.807, 2.05) is 6.26 Å². The SMILES string of the molecule is CCOC(=O)c1ccc(SC)[nH]c1=O. The van der Waals surface area contributed by atoms with Gasteiger partial charge in [0.2, 0.25) is 0 Å². The summed E-state index contributed by atoms with van der Waals surface area (Å²) in [5.41, 5.74) is -0.361. The number of esters is 1. The normalized spacial score (nSPS) is 9.86. The van der Waals surface area contributed by atoms with E-state index in [9.17, 15) is 9.59 Å². The van der Waals surface area contributed by atoms with Crippen molar-refractivity contribution in [3.05, 3.63) is 28.0 Å². The van der Waals surface area contributed by atoms with E-state index in [0.29, 0.717) is 0 Å². The van der Waals surface area contributed by atoms with E-state index < -0.39 is 11.5 Å². The van der Waals surface area contributed by atoms with E-state index in [1.165, 1.54) is 17.8 Å². The number of hydrogen-bond acceptors (Lipinski definition) is 4. The second-order valence-electron chi connectivity index (χ2n) is 2.49. The van der Waals surface area contributed by atoms with Crippen molar-refractivity contribution in [1.82, 2.24) is 4.98 Å². The predicted molar refractivity (Wildman–Crippen MR) is 54.8 cm³/mol. The van der Waals surface area contributed by atoms with Crippen LogP contribution in [0.25, 0.3) is 0 Å². The van der Waals surface area contributed by atoms with Gasteiger partial charge < -0.3 is 9.72 Å². The van der Waals surface area contributed by atoms with Crippen LogP contribution in [0.15, 0.2) is 22.0 Å². The van der Waals surface area contributed by atoms with Gasteiger partial charge in [0.25, 0.3) is 5.56 Å². The van der Waals surface area contributed by atoms with Crippen LogP contribution in [0.1, 0.15) is 17.3 Å². The van der Waals surface area contributed by atoms with Crippen LogP contribution in [0.3, 0.4) is 0 Å². The highest BCUT2D eigenvalue weighted by Gasteiger charge is 2.10. The molecule has 4 nitrogen and oxygen atoms in total. The van der Waals surface area contributed by atoms with Crippen LogP contribution in [0, 0.1) is 0 Å². The van der Waals surface area contributed by atoms with Crippen LogP contribution in [-0.4, -0.2) is 23.8 Å². The third kappa shape index (κ3) is 2.38. The first-order valence-electron chi connectivity index (χ1n) is 4.13.